The highest BCUT2D eigenvalue weighted by molar-refractivity contribution is 7.80. The fraction of sp³-hybridized carbons (Fsp3) is 0.133. The lowest BCUT2D eigenvalue weighted by Crippen LogP contribution is -2.25. The van der Waals surface area contributed by atoms with E-state index in [-0.39, 0.29) is 5.11 Å². The molecule has 1 aromatic carbocycles. The van der Waals surface area contributed by atoms with Crippen molar-refractivity contribution in [3.8, 4) is 0 Å². The summed E-state index contributed by atoms with van der Waals surface area (Å²) in [5, 5.41) is 6.99. The molecule has 0 saturated heterocycles. The van der Waals surface area contributed by atoms with Gasteiger partial charge in [0, 0.05) is 11.9 Å². The van der Waals surface area contributed by atoms with Gasteiger partial charge in [0.05, 0.1) is 17.0 Å². The number of thiocarbonyl (C=S) groups is 1. The molecule has 0 bridgehead atoms. The van der Waals surface area contributed by atoms with Crippen molar-refractivity contribution < 1.29 is 13.2 Å². The molecule has 0 radical (unpaired) electrons. The fourth-order valence-electron chi connectivity index (χ4n) is 1.67. The van der Waals surface area contributed by atoms with E-state index in [9.17, 15) is 13.2 Å². The van der Waals surface area contributed by atoms with Crippen LogP contribution in [0.5, 0.6) is 0 Å². The molecule has 0 aliphatic heterocycles. The van der Waals surface area contributed by atoms with E-state index >= 15 is 0 Å². The Bertz CT molecular complexity index is 697. The third kappa shape index (κ3) is 5.03. The number of aromatic nitrogens is 1. The molecule has 1 aromatic heterocycles. The van der Waals surface area contributed by atoms with Gasteiger partial charge >= 0.3 is 6.18 Å². The summed E-state index contributed by atoms with van der Waals surface area (Å²) in [4.78, 5) is 4.13. The van der Waals surface area contributed by atoms with E-state index in [4.69, 9.17) is 12.2 Å². The van der Waals surface area contributed by atoms with Crippen molar-refractivity contribution in [2.45, 2.75) is 13.1 Å². The Morgan fingerprint density at radius 2 is 1.83 bits per heavy atom. The topological polar surface area (TPSA) is 49.3 Å². The second-order valence-electron chi connectivity index (χ2n) is 4.55. The van der Waals surface area contributed by atoms with Gasteiger partial charge in [-0.15, -0.1) is 0 Å². The monoisotopic (exact) mass is 338 g/mol. The number of nitrogens with one attached hydrogen (secondary N) is 2. The predicted octanol–water partition coefficient (Wildman–Crippen LogP) is 3.81. The molecular formula is C15H13F3N4S. The predicted molar refractivity (Wildman–Crippen MR) is 87.2 cm³/mol. The zero-order valence-corrected chi connectivity index (χ0v) is 12.9. The van der Waals surface area contributed by atoms with Gasteiger partial charge in [-0.05, 0) is 55.5 Å². The van der Waals surface area contributed by atoms with Crippen LogP contribution in [0.1, 0.15) is 18.2 Å². The van der Waals surface area contributed by atoms with E-state index in [0.29, 0.717) is 17.1 Å². The van der Waals surface area contributed by atoms with Crippen molar-refractivity contribution in [1.29, 1.82) is 0 Å². The first-order chi connectivity index (χ1) is 10.9. The van der Waals surface area contributed by atoms with Crippen molar-refractivity contribution >= 4 is 28.7 Å². The number of alkyl halides is 3. The molecule has 2 rings (SSSR count). The highest BCUT2D eigenvalue weighted by atomic mass is 32.1. The quantitative estimate of drug-likeness (QED) is 0.508. The van der Waals surface area contributed by atoms with Crippen LogP contribution in [0, 0.1) is 0 Å². The van der Waals surface area contributed by atoms with Crippen LogP contribution in [0.25, 0.3) is 0 Å². The van der Waals surface area contributed by atoms with Gasteiger partial charge in [-0.3, -0.25) is 10.4 Å². The van der Waals surface area contributed by atoms with Crippen molar-refractivity contribution in [3.63, 3.8) is 0 Å². The van der Waals surface area contributed by atoms with E-state index in [0.717, 1.165) is 12.1 Å². The molecule has 4 nitrogen and oxygen atoms in total. The van der Waals surface area contributed by atoms with Gasteiger partial charge in [0.15, 0.2) is 5.11 Å². The third-order valence-corrected chi connectivity index (χ3v) is 3.02. The molecule has 0 aliphatic carbocycles. The molecule has 8 heteroatoms. The molecule has 0 amide bonds. The molecule has 2 N–H and O–H groups in total. The van der Waals surface area contributed by atoms with Crippen molar-refractivity contribution in [2.75, 3.05) is 5.32 Å². The van der Waals surface area contributed by atoms with Crippen molar-refractivity contribution in [2.24, 2.45) is 5.10 Å². The Morgan fingerprint density at radius 3 is 2.39 bits per heavy atom. The van der Waals surface area contributed by atoms with Crippen LogP contribution in [0.15, 0.2) is 53.8 Å². The number of benzene rings is 1. The highest BCUT2D eigenvalue weighted by Gasteiger charge is 2.29. The maximum Gasteiger partial charge on any atom is 0.416 e. The van der Waals surface area contributed by atoms with Crippen LogP contribution in [0.3, 0.4) is 0 Å². The largest absolute Gasteiger partial charge is 0.416 e. The molecule has 23 heavy (non-hydrogen) atoms. The molecule has 0 aliphatic rings. The van der Waals surface area contributed by atoms with Gasteiger partial charge in [-0.2, -0.15) is 18.3 Å². The van der Waals surface area contributed by atoms with Crippen molar-refractivity contribution in [3.05, 3.63) is 59.9 Å². The van der Waals surface area contributed by atoms with Crippen LogP contribution in [-0.2, 0) is 6.18 Å². The Labute approximate surface area is 136 Å². The first-order valence-electron chi connectivity index (χ1n) is 6.56. The summed E-state index contributed by atoms with van der Waals surface area (Å²) in [5.74, 6) is 0. The van der Waals surface area contributed by atoms with E-state index in [1.165, 1.54) is 12.1 Å². The Kier molecular flexibility index (Phi) is 5.28. The second-order valence-corrected chi connectivity index (χ2v) is 4.96. The number of hydrazone groups is 1. The molecule has 0 fully saturated rings. The lowest BCUT2D eigenvalue weighted by Gasteiger charge is -2.10. The number of hydrogen-bond acceptors (Lipinski definition) is 3. The number of hydrogen-bond donors (Lipinski definition) is 2. The maximum atomic E-state index is 12.5. The second kappa shape index (κ2) is 7.19. The molecule has 0 unspecified atom stereocenters. The van der Waals surface area contributed by atoms with E-state index < -0.39 is 11.7 Å². The minimum Gasteiger partial charge on any atom is -0.331 e. The molecule has 0 saturated carbocycles. The van der Waals surface area contributed by atoms with Gasteiger partial charge in [0.1, 0.15) is 0 Å². The standard InChI is InChI=1S/C15H13F3N4S/c1-10(13-4-2-3-9-19-13)21-22-14(23)20-12-7-5-11(6-8-12)15(16,17)18/h2-9H,1H3,(H2,20,22,23)/b21-10-. The lowest BCUT2D eigenvalue weighted by atomic mass is 10.2. The summed E-state index contributed by atoms with van der Waals surface area (Å²) < 4.78 is 37.4. The number of rotatable bonds is 3. The Balaban J connectivity index is 1.95. The van der Waals surface area contributed by atoms with E-state index in [1.54, 1.807) is 25.3 Å². The number of anilines is 1. The third-order valence-electron chi connectivity index (χ3n) is 2.83. The Morgan fingerprint density at radius 1 is 1.13 bits per heavy atom. The number of halogens is 3. The number of nitrogens with zero attached hydrogens (tertiary/aromatic N) is 2. The summed E-state index contributed by atoms with van der Waals surface area (Å²) in [6, 6.07) is 9.98. The molecule has 0 spiro atoms. The van der Waals surface area contributed by atoms with E-state index in [1.807, 2.05) is 6.07 Å². The minimum atomic E-state index is -4.36. The lowest BCUT2D eigenvalue weighted by molar-refractivity contribution is -0.137. The fourth-order valence-corrected chi connectivity index (χ4v) is 1.83. The van der Waals surface area contributed by atoms with Crippen molar-refractivity contribution in [1.82, 2.24) is 10.4 Å². The molecular weight excluding hydrogens is 325 g/mol. The van der Waals surface area contributed by atoms with Gasteiger partial charge in [0.25, 0.3) is 0 Å². The van der Waals surface area contributed by atoms with Crippen LogP contribution in [-0.4, -0.2) is 15.8 Å². The molecule has 2 aromatic rings. The van der Waals surface area contributed by atoms with Gasteiger partial charge < -0.3 is 5.32 Å². The summed E-state index contributed by atoms with van der Waals surface area (Å²) >= 11 is 5.04. The summed E-state index contributed by atoms with van der Waals surface area (Å²) in [7, 11) is 0. The van der Waals surface area contributed by atoms with Crippen LogP contribution >= 0.6 is 12.2 Å². The van der Waals surface area contributed by atoms with Gasteiger partial charge in [0.2, 0.25) is 0 Å². The molecule has 1 heterocycles. The maximum absolute atomic E-state index is 12.5. The summed E-state index contributed by atoms with van der Waals surface area (Å²) in [6.45, 7) is 1.76. The minimum absolute atomic E-state index is 0.167. The van der Waals surface area contributed by atoms with E-state index in [2.05, 4.69) is 20.8 Å². The van der Waals surface area contributed by atoms with Crippen LogP contribution < -0.4 is 10.7 Å². The SMILES string of the molecule is C/C(=N/NC(=S)Nc1ccc(C(F)(F)F)cc1)c1ccccn1. The summed E-state index contributed by atoms with van der Waals surface area (Å²) in [5.41, 5.74) is 3.65. The summed E-state index contributed by atoms with van der Waals surface area (Å²) in [6.07, 6.45) is -2.71. The first-order valence-corrected chi connectivity index (χ1v) is 6.97. The van der Waals surface area contributed by atoms with Crippen LogP contribution in [0.4, 0.5) is 18.9 Å². The normalized spacial score (nSPS) is 11.9. The smallest absolute Gasteiger partial charge is 0.331 e. The molecule has 120 valence electrons. The zero-order valence-electron chi connectivity index (χ0n) is 12.1. The zero-order chi connectivity index (χ0) is 16.9. The highest BCUT2D eigenvalue weighted by Crippen LogP contribution is 2.29. The van der Waals surface area contributed by atoms with Crippen LogP contribution in [0.2, 0.25) is 0 Å². The first kappa shape index (κ1) is 16.9. The molecule has 0 atom stereocenters. The van der Waals surface area contributed by atoms with Gasteiger partial charge in [-0.1, -0.05) is 6.07 Å². The average molecular weight is 338 g/mol. The van der Waals surface area contributed by atoms with Gasteiger partial charge in [-0.25, -0.2) is 0 Å². The Hall–Kier alpha value is -2.48. The average Bonchev–Trinajstić information content (AvgIpc) is 2.53. The number of pyridine rings is 1.